The van der Waals surface area contributed by atoms with E-state index in [1.807, 2.05) is 18.8 Å². The first-order valence-corrected chi connectivity index (χ1v) is 5.19. The largest absolute Gasteiger partial charge is 0.306 e. The molecule has 0 saturated heterocycles. The molecule has 0 heterocycles. The van der Waals surface area contributed by atoms with Crippen LogP contribution in [0.25, 0.3) is 0 Å². The summed E-state index contributed by atoms with van der Waals surface area (Å²) in [6, 6.07) is 0. The van der Waals surface area contributed by atoms with Crippen LogP contribution in [0.2, 0.25) is 0 Å². The minimum atomic E-state index is 0.164. The monoisotopic (exact) mass is 183 g/mol. The highest BCUT2D eigenvalue weighted by molar-refractivity contribution is 8.04. The topological polar surface area (TPSA) is 12.0 Å². The van der Waals surface area contributed by atoms with Gasteiger partial charge in [-0.25, -0.2) is 0 Å². The van der Waals surface area contributed by atoms with E-state index in [0.717, 1.165) is 0 Å². The molecular weight excluding hydrogens is 166 g/mol. The summed E-state index contributed by atoms with van der Waals surface area (Å²) in [4.78, 5) is 1.65. The van der Waals surface area contributed by atoms with E-state index >= 15 is 0 Å². The maximum atomic E-state index is 3.29. The van der Waals surface area contributed by atoms with Crippen LogP contribution in [0.5, 0.6) is 0 Å². The molecule has 12 heavy (non-hydrogen) atoms. The smallest absolute Gasteiger partial charge is 0.0629 e. The van der Waals surface area contributed by atoms with Gasteiger partial charge in [0, 0.05) is 0 Å². The number of hydrogen-bond acceptors (Lipinski definition) is 2. The van der Waals surface area contributed by atoms with E-state index in [0.29, 0.717) is 0 Å². The first-order chi connectivity index (χ1) is 5.64. The number of rotatable bonds is 3. The van der Waals surface area contributed by atoms with Gasteiger partial charge >= 0.3 is 0 Å². The van der Waals surface area contributed by atoms with Crippen LogP contribution in [-0.4, -0.2) is 11.9 Å². The third-order valence-electron chi connectivity index (χ3n) is 1.96. The van der Waals surface area contributed by atoms with Crippen LogP contribution in [0.4, 0.5) is 0 Å². The van der Waals surface area contributed by atoms with Gasteiger partial charge in [-0.05, 0) is 38.6 Å². The number of nitrogens with one attached hydrogen (secondary N) is 1. The molecule has 0 aromatic rings. The van der Waals surface area contributed by atoms with Crippen molar-refractivity contribution >= 4 is 11.8 Å². The van der Waals surface area contributed by atoms with Crippen LogP contribution in [0, 0.1) is 0 Å². The zero-order chi connectivity index (χ0) is 9.03. The Kier molecular flexibility index (Phi) is 3.41. The van der Waals surface area contributed by atoms with Gasteiger partial charge in [0.25, 0.3) is 0 Å². The van der Waals surface area contributed by atoms with Gasteiger partial charge in [0.05, 0.1) is 4.87 Å². The lowest BCUT2D eigenvalue weighted by atomic mass is 10.2. The quantitative estimate of drug-likeness (QED) is 0.675. The van der Waals surface area contributed by atoms with Crippen LogP contribution in [0.3, 0.4) is 0 Å². The first kappa shape index (κ1) is 9.87. The molecule has 2 heteroatoms. The molecule has 1 rings (SSSR count). The molecule has 1 aliphatic rings. The summed E-state index contributed by atoms with van der Waals surface area (Å²) in [5.74, 6) is 0. The van der Waals surface area contributed by atoms with Gasteiger partial charge in [-0.1, -0.05) is 18.2 Å². The van der Waals surface area contributed by atoms with Crippen molar-refractivity contribution in [3.05, 3.63) is 23.1 Å². The molecule has 1 N–H and O–H groups in total. The maximum Gasteiger partial charge on any atom is 0.0629 e. The Bertz CT molecular complexity index is 204. The molecule has 0 aromatic carbocycles. The second kappa shape index (κ2) is 4.15. The van der Waals surface area contributed by atoms with Crippen LogP contribution in [0.15, 0.2) is 23.1 Å². The highest BCUT2D eigenvalue weighted by Gasteiger charge is 2.17. The first-order valence-electron chi connectivity index (χ1n) is 4.38. The molecular formula is C10H17NS. The zero-order valence-corrected chi connectivity index (χ0v) is 8.87. The standard InChI is InChI=1S/C10H17NS/c1-10(2,11-3)12-9-7-5-4-6-8-9/h4-5,7,11H,6,8H2,1-3H3. The highest BCUT2D eigenvalue weighted by Crippen LogP contribution is 2.33. The molecule has 0 spiro atoms. The van der Waals surface area contributed by atoms with Gasteiger partial charge in [-0.2, -0.15) is 0 Å². The van der Waals surface area contributed by atoms with Crippen molar-refractivity contribution < 1.29 is 0 Å². The zero-order valence-electron chi connectivity index (χ0n) is 8.05. The lowest BCUT2D eigenvalue weighted by molar-refractivity contribution is 0.610. The Morgan fingerprint density at radius 3 is 2.75 bits per heavy atom. The predicted molar refractivity (Wildman–Crippen MR) is 57.2 cm³/mol. The van der Waals surface area contributed by atoms with Gasteiger partial charge in [0.15, 0.2) is 0 Å². The van der Waals surface area contributed by atoms with Crippen LogP contribution < -0.4 is 5.32 Å². The van der Waals surface area contributed by atoms with Crippen molar-refractivity contribution in [3.8, 4) is 0 Å². The van der Waals surface area contributed by atoms with E-state index in [9.17, 15) is 0 Å². The van der Waals surface area contributed by atoms with E-state index in [4.69, 9.17) is 0 Å². The van der Waals surface area contributed by atoms with Crippen molar-refractivity contribution in [2.45, 2.75) is 31.6 Å². The summed E-state index contributed by atoms with van der Waals surface area (Å²) >= 11 is 1.92. The second-order valence-corrected chi connectivity index (χ2v) is 5.21. The lowest BCUT2D eigenvalue weighted by Gasteiger charge is -2.25. The molecule has 1 nitrogen and oxygen atoms in total. The Morgan fingerprint density at radius 1 is 1.50 bits per heavy atom. The fourth-order valence-electron chi connectivity index (χ4n) is 1.04. The molecule has 68 valence electrons. The summed E-state index contributed by atoms with van der Waals surface area (Å²) in [7, 11) is 2.01. The molecule has 0 aliphatic heterocycles. The van der Waals surface area contributed by atoms with E-state index < -0.39 is 0 Å². The third-order valence-corrected chi connectivity index (χ3v) is 3.28. The maximum absolute atomic E-state index is 3.29. The number of allylic oxidation sites excluding steroid dienone is 4. The summed E-state index contributed by atoms with van der Waals surface area (Å²) in [6.45, 7) is 4.41. The van der Waals surface area contributed by atoms with Crippen molar-refractivity contribution in [2.24, 2.45) is 0 Å². The average Bonchev–Trinajstić information content (AvgIpc) is 2.06. The van der Waals surface area contributed by atoms with E-state index in [-0.39, 0.29) is 4.87 Å². The van der Waals surface area contributed by atoms with Gasteiger partial charge in [0.1, 0.15) is 0 Å². The molecule has 0 fully saturated rings. The minimum Gasteiger partial charge on any atom is -0.306 e. The van der Waals surface area contributed by atoms with Crippen molar-refractivity contribution in [2.75, 3.05) is 7.05 Å². The summed E-state index contributed by atoms with van der Waals surface area (Å²) in [5.41, 5.74) is 0. The lowest BCUT2D eigenvalue weighted by Crippen LogP contribution is -2.32. The fourth-order valence-corrected chi connectivity index (χ4v) is 2.17. The summed E-state index contributed by atoms with van der Waals surface area (Å²) < 4.78 is 0. The summed E-state index contributed by atoms with van der Waals surface area (Å²) in [5, 5.41) is 3.29. The molecule has 0 atom stereocenters. The molecule has 0 bridgehead atoms. The van der Waals surface area contributed by atoms with Crippen molar-refractivity contribution in [3.63, 3.8) is 0 Å². The summed E-state index contributed by atoms with van der Waals surface area (Å²) in [6.07, 6.45) is 8.98. The molecule has 1 aliphatic carbocycles. The van der Waals surface area contributed by atoms with Gasteiger partial charge < -0.3 is 5.32 Å². The Labute approximate surface area is 79.3 Å². The van der Waals surface area contributed by atoms with Crippen LogP contribution in [-0.2, 0) is 0 Å². The fraction of sp³-hybridized carbons (Fsp3) is 0.600. The van der Waals surface area contributed by atoms with E-state index in [2.05, 4.69) is 37.4 Å². The molecule has 0 aromatic heterocycles. The minimum absolute atomic E-state index is 0.164. The molecule has 0 unspecified atom stereocenters. The van der Waals surface area contributed by atoms with Gasteiger partial charge in [-0.3, -0.25) is 0 Å². The SMILES string of the molecule is CNC(C)(C)SC1=CC=CCC1. The Balaban J connectivity index is 2.50. The van der Waals surface area contributed by atoms with E-state index in [1.54, 1.807) is 0 Å². The highest BCUT2D eigenvalue weighted by atomic mass is 32.2. The van der Waals surface area contributed by atoms with Crippen LogP contribution >= 0.6 is 11.8 Å². The van der Waals surface area contributed by atoms with Crippen molar-refractivity contribution in [1.82, 2.24) is 5.32 Å². The van der Waals surface area contributed by atoms with Crippen molar-refractivity contribution in [1.29, 1.82) is 0 Å². The van der Waals surface area contributed by atoms with Gasteiger partial charge in [-0.15, -0.1) is 11.8 Å². The molecule has 0 radical (unpaired) electrons. The number of hydrogen-bond donors (Lipinski definition) is 1. The predicted octanol–water partition coefficient (Wildman–Crippen LogP) is 2.91. The Hall–Kier alpha value is -0.210. The third kappa shape index (κ3) is 3.03. The van der Waals surface area contributed by atoms with Crippen LogP contribution in [0.1, 0.15) is 26.7 Å². The number of thioether (sulfide) groups is 1. The molecule has 0 saturated carbocycles. The normalized spacial score (nSPS) is 17.8. The Morgan fingerprint density at radius 2 is 2.25 bits per heavy atom. The molecule has 0 amide bonds. The van der Waals surface area contributed by atoms with E-state index in [1.165, 1.54) is 17.7 Å². The average molecular weight is 183 g/mol. The second-order valence-electron chi connectivity index (χ2n) is 3.46. The van der Waals surface area contributed by atoms with Gasteiger partial charge in [0.2, 0.25) is 0 Å².